The predicted octanol–water partition coefficient (Wildman–Crippen LogP) is 1.65. The Balaban J connectivity index is 1.68. The highest BCUT2D eigenvalue weighted by Crippen LogP contribution is 2.25. The molecular weight excluding hydrogens is 348 g/mol. The Morgan fingerprint density at radius 3 is 2.92 bits per heavy atom. The summed E-state index contributed by atoms with van der Waals surface area (Å²) in [5, 5.41) is 0. The van der Waals surface area contributed by atoms with Crippen LogP contribution >= 0.6 is 11.3 Å². The largest absolute Gasteiger partial charge is 0.493 e. The zero-order valence-electron chi connectivity index (χ0n) is 13.9. The molecule has 3 aromatic rings. The number of fused-ring (bicyclic) bond motifs is 1. The van der Waals surface area contributed by atoms with Crippen molar-refractivity contribution in [2.45, 2.75) is 12.8 Å². The van der Waals surface area contributed by atoms with Crippen LogP contribution in [0.1, 0.15) is 27.9 Å². The van der Waals surface area contributed by atoms with E-state index >= 15 is 0 Å². The third kappa shape index (κ3) is 3.50. The molecule has 3 heterocycles. The number of Topliss-reactive ketones (excluding diaryl/α,β-unsaturated/α-hetero) is 1. The lowest BCUT2D eigenvalue weighted by Gasteiger charge is -2.17. The van der Waals surface area contributed by atoms with Gasteiger partial charge in [0.05, 0.1) is 15.8 Å². The number of H-pyrrole nitrogens is 1. The van der Waals surface area contributed by atoms with E-state index in [0.29, 0.717) is 14.8 Å². The first-order chi connectivity index (χ1) is 12.7. The third-order valence-corrected chi connectivity index (χ3v) is 5.10. The molecule has 1 N–H and O–H groups in total. The number of carbonyl (C=O) groups is 1. The fourth-order valence-corrected chi connectivity index (χ4v) is 3.75. The Labute approximate surface area is 153 Å². The summed E-state index contributed by atoms with van der Waals surface area (Å²) in [6, 6.07) is 9.23. The van der Waals surface area contributed by atoms with E-state index in [1.54, 1.807) is 24.5 Å². The summed E-state index contributed by atoms with van der Waals surface area (Å²) < 4.78 is 6.71. The molecule has 6 heteroatoms. The van der Waals surface area contributed by atoms with E-state index in [4.69, 9.17) is 4.74 Å². The molecule has 0 amide bonds. The van der Waals surface area contributed by atoms with Gasteiger partial charge in [0.1, 0.15) is 5.75 Å². The average Bonchev–Trinajstić information content (AvgIpc) is 3.01. The van der Waals surface area contributed by atoms with Crippen LogP contribution in [0.4, 0.5) is 0 Å². The molecule has 0 unspecified atom stereocenters. The first kappa shape index (κ1) is 16.5. The quantitative estimate of drug-likeness (QED) is 0.718. The van der Waals surface area contributed by atoms with Crippen LogP contribution in [0, 0.1) is 0 Å². The molecule has 26 heavy (non-hydrogen) atoms. The number of nitrogens with zero attached hydrogens (tertiary/aromatic N) is 1. The van der Waals surface area contributed by atoms with Crippen LogP contribution in [0.15, 0.2) is 47.5 Å². The predicted molar refractivity (Wildman–Crippen MR) is 101 cm³/mol. The standard InChI is InChI=1S/C20H16N2O3S/c23-16(14-5-7-21-8-6-14)12-19-22-20(24)18(26-19)11-13-3-4-17-15(10-13)2-1-9-25-17/h3-8,10-12H,1-2,9H2,(H,22,24)/b18-11-,19-12+. The molecule has 1 aromatic carbocycles. The minimum atomic E-state index is -0.197. The molecule has 2 aromatic heterocycles. The number of ether oxygens (including phenoxy) is 1. The highest BCUT2D eigenvalue weighted by atomic mass is 32.1. The molecule has 0 spiro atoms. The molecule has 5 nitrogen and oxygen atoms in total. The average molecular weight is 364 g/mol. The molecule has 4 rings (SSSR count). The van der Waals surface area contributed by atoms with Crippen LogP contribution in [0.5, 0.6) is 5.75 Å². The van der Waals surface area contributed by atoms with Gasteiger partial charge in [0.25, 0.3) is 5.56 Å². The lowest BCUT2D eigenvalue weighted by Crippen LogP contribution is -2.20. The van der Waals surface area contributed by atoms with Crippen molar-refractivity contribution in [3.05, 3.63) is 79.0 Å². The minimum Gasteiger partial charge on any atom is -0.493 e. The molecule has 1 aliphatic heterocycles. The van der Waals surface area contributed by atoms with E-state index in [0.717, 1.165) is 36.3 Å². The maximum Gasteiger partial charge on any atom is 0.266 e. The van der Waals surface area contributed by atoms with Crippen molar-refractivity contribution in [2.24, 2.45) is 0 Å². The number of nitrogens with one attached hydrogen (secondary N) is 1. The van der Waals surface area contributed by atoms with Gasteiger partial charge in [-0.2, -0.15) is 0 Å². The van der Waals surface area contributed by atoms with Crippen LogP contribution in [-0.2, 0) is 6.42 Å². The highest BCUT2D eigenvalue weighted by molar-refractivity contribution is 7.07. The maximum atomic E-state index is 12.2. The molecule has 0 saturated carbocycles. The third-order valence-electron chi connectivity index (χ3n) is 4.14. The monoisotopic (exact) mass is 364 g/mol. The van der Waals surface area contributed by atoms with Gasteiger partial charge in [0, 0.05) is 24.0 Å². The van der Waals surface area contributed by atoms with Gasteiger partial charge in [0.15, 0.2) is 5.78 Å². The number of ketones is 1. The SMILES string of the molecule is O=C(/C=c1\[nH]c(=O)/c(=C/c2ccc3c(c2)CCCO3)s1)c1ccncc1. The van der Waals surface area contributed by atoms with Gasteiger partial charge in [0.2, 0.25) is 0 Å². The fraction of sp³-hybridized carbons (Fsp3) is 0.150. The summed E-state index contributed by atoms with van der Waals surface area (Å²) in [6.07, 6.45) is 8.41. The lowest BCUT2D eigenvalue weighted by atomic mass is 10.0. The topological polar surface area (TPSA) is 72.0 Å². The van der Waals surface area contributed by atoms with Gasteiger partial charge in [-0.15, -0.1) is 11.3 Å². The van der Waals surface area contributed by atoms with Gasteiger partial charge >= 0.3 is 0 Å². The number of aromatic nitrogens is 2. The number of aryl methyl sites for hydroxylation is 1. The number of aromatic amines is 1. The zero-order chi connectivity index (χ0) is 17.9. The van der Waals surface area contributed by atoms with Gasteiger partial charge in [-0.25, -0.2) is 0 Å². The van der Waals surface area contributed by atoms with Gasteiger partial charge < -0.3 is 9.72 Å². The van der Waals surface area contributed by atoms with E-state index in [1.165, 1.54) is 17.4 Å². The Bertz CT molecular complexity index is 1130. The molecule has 1 aliphatic rings. The smallest absolute Gasteiger partial charge is 0.266 e. The second-order valence-electron chi connectivity index (χ2n) is 5.99. The van der Waals surface area contributed by atoms with Crippen molar-refractivity contribution in [1.82, 2.24) is 9.97 Å². The summed E-state index contributed by atoms with van der Waals surface area (Å²) >= 11 is 1.27. The summed E-state index contributed by atoms with van der Waals surface area (Å²) in [5.41, 5.74) is 2.46. The normalized spacial score (nSPS) is 14.8. The molecule has 0 radical (unpaired) electrons. The summed E-state index contributed by atoms with van der Waals surface area (Å²) in [4.78, 5) is 31.1. The van der Waals surface area contributed by atoms with Gasteiger partial charge in [-0.1, -0.05) is 6.07 Å². The zero-order valence-corrected chi connectivity index (χ0v) is 14.7. The van der Waals surface area contributed by atoms with Crippen LogP contribution in [0.25, 0.3) is 12.2 Å². The fourth-order valence-electron chi connectivity index (χ4n) is 2.86. The highest BCUT2D eigenvalue weighted by Gasteiger charge is 2.10. The van der Waals surface area contributed by atoms with E-state index in [9.17, 15) is 9.59 Å². The first-order valence-electron chi connectivity index (χ1n) is 8.32. The van der Waals surface area contributed by atoms with Crippen LogP contribution in [-0.4, -0.2) is 22.4 Å². The first-order valence-corrected chi connectivity index (χ1v) is 9.13. The Hall–Kier alpha value is -2.99. The number of hydrogen-bond acceptors (Lipinski definition) is 5. The number of thiazole rings is 1. The van der Waals surface area contributed by atoms with Crippen LogP contribution in [0.2, 0.25) is 0 Å². The second kappa shape index (κ2) is 7.09. The van der Waals surface area contributed by atoms with Crippen molar-refractivity contribution in [3.63, 3.8) is 0 Å². The minimum absolute atomic E-state index is 0.164. The van der Waals surface area contributed by atoms with E-state index in [2.05, 4.69) is 16.0 Å². The van der Waals surface area contributed by atoms with Crippen LogP contribution in [0.3, 0.4) is 0 Å². The van der Waals surface area contributed by atoms with Crippen LogP contribution < -0.4 is 19.5 Å². The van der Waals surface area contributed by atoms with Crippen molar-refractivity contribution in [2.75, 3.05) is 6.61 Å². The van der Waals surface area contributed by atoms with Crippen molar-refractivity contribution in [1.29, 1.82) is 0 Å². The van der Waals surface area contributed by atoms with Crippen molar-refractivity contribution >= 4 is 29.3 Å². The molecule has 0 saturated heterocycles. The molecule has 0 aliphatic carbocycles. The van der Waals surface area contributed by atoms with Gasteiger partial charge in [-0.05, 0) is 54.3 Å². The Morgan fingerprint density at radius 1 is 1.23 bits per heavy atom. The number of pyridine rings is 1. The molecule has 0 atom stereocenters. The lowest BCUT2D eigenvalue weighted by molar-refractivity contribution is 0.106. The number of carbonyl (C=O) groups excluding carboxylic acids is 1. The van der Waals surface area contributed by atoms with Crippen molar-refractivity contribution in [3.8, 4) is 5.75 Å². The maximum absolute atomic E-state index is 12.2. The molecule has 0 fully saturated rings. The number of benzene rings is 1. The molecular formula is C20H16N2O3S. The van der Waals surface area contributed by atoms with Gasteiger partial charge in [-0.3, -0.25) is 14.6 Å². The Morgan fingerprint density at radius 2 is 2.08 bits per heavy atom. The second-order valence-corrected chi connectivity index (χ2v) is 7.08. The van der Waals surface area contributed by atoms with E-state index < -0.39 is 0 Å². The summed E-state index contributed by atoms with van der Waals surface area (Å²) in [7, 11) is 0. The van der Waals surface area contributed by atoms with Crippen molar-refractivity contribution < 1.29 is 9.53 Å². The Kier molecular flexibility index (Phi) is 4.50. The number of rotatable bonds is 3. The van der Waals surface area contributed by atoms with E-state index in [-0.39, 0.29) is 11.3 Å². The number of hydrogen-bond donors (Lipinski definition) is 1. The molecule has 0 bridgehead atoms. The molecule has 130 valence electrons. The summed E-state index contributed by atoms with van der Waals surface area (Å²) in [6.45, 7) is 0.755. The van der Waals surface area contributed by atoms with E-state index in [1.807, 2.05) is 18.2 Å². The summed E-state index contributed by atoms with van der Waals surface area (Å²) in [5.74, 6) is 0.757.